The molecule has 0 spiro atoms. The second kappa shape index (κ2) is 7.28. The van der Waals surface area contributed by atoms with Crippen molar-refractivity contribution in [3.05, 3.63) is 29.3 Å². The standard InChI is InChI=1S/C18H30N2O/c1-5-6-7-10-20(13(2)3)17-11-14-8-9-15(21-4)12-16(14)18(17)19/h8-9,12-13,17-18H,5-7,10-11,19H2,1-4H3. The van der Waals surface area contributed by atoms with Gasteiger partial charge in [0, 0.05) is 18.1 Å². The molecule has 3 heteroatoms. The van der Waals surface area contributed by atoms with E-state index in [1.807, 2.05) is 6.07 Å². The smallest absolute Gasteiger partial charge is 0.119 e. The summed E-state index contributed by atoms with van der Waals surface area (Å²) in [6, 6.07) is 7.39. The number of hydrogen-bond donors (Lipinski definition) is 1. The van der Waals surface area contributed by atoms with E-state index in [0.717, 1.165) is 18.7 Å². The van der Waals surface area contributed by atoms with Crippen molar-refractivity contribution in [2.24, 2.45) is 5.73 Å². The molecule has 0 aromatic heterocycles. The second-order valence-electron chi connectivity index (χ2n) is 6.40. The Kier molecular flexibility index (Phi) is 5.65. The first kappa shape index (κ1) is 16.3. The topological polar surface area (TPSA) is 38.5 Å². The minimum absolute atomic E-state index is 0.0964. The molecule has 0 amide bonds. The third kappa shape index (κ3) is 3.58. The molecular weight excluding hydrogens is 260 g/mol. The van der Waals surface area contributed by atoms with Crippen LogP contribution in [-0.4, -0.2) is 30.6 Å². The first-order valence-corrected chi connectivity index (χ1v) is 8.26. The van der Waals surface area contributed by atoms with Gasteiger partial charge in [-0.05, 0) is 56.5 Å². The van der Waals surface area contributed by atoms with E-state index in [4.69, 9.17) is 10.5 Å². The second-order valence-corrected chi connectivity index (χ2v) is 6.40. The highest BCUT2D eigenvalue weighted by molar-refractivity contribution is 5.42. The normalized spacial score (nSPS) is 21.1. The number of nitrogens with two attached hydrogens (primary N) is 1. The van der Waals surface area contributed by atoms with Gasteiger partial charge in [0.05, 0.1) is 7.11 Å². The average Bonchev–Trinajstić information content (AvgIpc) is 2.80. The van der Waals surface area contributed by atoms with Gasteiger partial charge in [-0.25, -0.2) is 0 Å². The number of fused-ring (bicyclic) bond motifs is 1. The summed E-state index contributed by atoms with van der Waals surface area (Å²) in [6.45, 7) is 7.96. The number of benzene rings is 1. The zero-order valence-corrected chi connectivity index (χ0v) is 13.9. The van der Waals surface area contributed by atoms with Crippen LogP contribution in [0.1, 0.15) is 57.2 Å². The Morgan fingerprint density at radius 2 is 2.10 bits per heavy atom. The van der Waals surface area contributed by atoms with Gasteiger partial charge < -0.3 is 10.5 Å². The van der Waals surface area contributed by atoms with Crippen molar-refractivity contribution in [2.75, 3.05) is 13.7 Å². The SMILES string of the molecule is CCCCCN(C(C)C)C1Cc2ccc(OC)cc2C1N. The summed E-state index contributed by atoms with van der Waals surface area (Å²) in [7, 11) is 1.71. The molecule has 2 atom stereocenters. The summed E-state index contributed by atoms with van der Waals surface area (Å²) in [5.41, 5.74) is 9.21. The first-order chi connectivity index (χ1) is 10.1. The van der Waals surface area contributed by atoms with E-state index in [2.05, 4.69) is 37.8 Å². The van der Waals surface area contributed by atoms with Crippen LogP contribution < -0.4 is 10.5 Å². The minimum atomic E-state index is 0.0964. The maximum atomic E-state index is 6.56. The largest absolute Gasteiger partial charge is 0.497 e. The highest BCUT2D eigenvalue weighted by atomic mass is 16.5. The van der Waals surface area contributed by atoms with Crippen LogP contribution in [0.3, 0.4) is 0 Å². The van der Waals surface area contributed by atoms with Crippen molar-refractivity contribution in [1.29, 1.82) is 0 Å². The Bertz CT molecular complexity index is 459. The Hall–Kier alpha value is -1.06. The number of nitrogens with zero attached hydrogens (tertiary/aromatic N) is 1. The van der Waals surface area contributed by atoms with Crippen molar-refractivity contribution in [3.63, 3.8) is 0 Å². The first-order valence-electron chi connectivity index (χ1n) is 8.26. The van der Waals surface area contributed by atoms with Crippen LogP contribution in [0, 0.1) is 0 Å². The van der Waals surface area contributed by atoms with E-state index < -0.39 is 0 Å². The summed E-state index contributed by atoms with van der Waals surface area (Å²) in [4.78, 5) is 2.59. The molecule has 0 saturated heterocycles. The van der Waals surface area contributed by atoms with Gasteiger partial charge in [-0.1, -0.05) is 25.8 Å². The summed E-state index contributed by atoms with van der Waals surface area (Å²) in [5, 5.41) is 0. The maximum absolute atomic E-state index is 6.56. The van der Waals surface area contributed by atoms with Crippen LogP contribution in [-0.2, 0) is 6.42 Å². The van der Waals surface area contributed by atoms with Crippen molar-refractivity contribution < 1.29 is 4.74 Å². The van der Waals surface area contributed by atoms with Gasteiger partial charge >= 0.3 is 0 Å². The lowest BCUT2D eigenvalue weighted by atomic mass is 10.0. The third-order valence-corrected chi connectivity index (χ3v) is 4.66. The predicted octanol–water partition coefficient (Wildman–Crippen LogP) is 3.52. The fourth-order valence-electron chi connectivity index (χ4n) is 3.43. The monoisotopic (exact) mass is 290 g/mol. The number of hydrogen-bond acceptors (Lipinski definition) is 3. The van der Waals surface area contributed by atoms with Gasteiger partial charge in [-0.2, -0.15) is 0 Å². The van der Waals surface area contributed by atoms with Crippen LogP contribution in [0.4, 0.5) is 0 Å². The number of ether oxygens (including phenoxy) is 1. The highest BCUT2D eigenvalue weighted by Crippen LogP contribution is 2.36. The molecule has 0 bridgehead atoms. The average molecular weight is 290 g/mol. The quantitative estimate of drug-likeness (QED) is 0.781. The summed E-state index contributed by atoms with van der Waals surface area (Å²) in [5.74, 6) is 0.909. The molecule has 3 nitrogen and oxygen atoms in total. The summed E-state index contributed by atoms with van der Waals surface area (Å²) >= 11 is 0. The molecule has 0 saturated carbocycles. The molecular formula is C18H30N2O. The molecule has 0 heterocycles. The maximum Gasteiger partial charge on any atom is 0.119 e. The fraction of sp³-hybridized carbons (Fsp3) is 0.667. The molecule has 1 aliphatic rings. The number of unbranched alkanes of at least 4 members (excludes halogenated alkanes) is 2. The van der Waals surface area contributed by atoms with Gasteiger partial charge in [0.2, 0.25) is 0 Å². The molecule has 2 rings (SSSR count). The lowest BCUT2D eigenvalue weighted by molar-refractivity contribution is 0.136. The molecule has 2 unspecified atom stereocenters. The van der Waals surface area contributed by atoms with E-state index in [9.17, 15) is 0 Å². The molecule has 0 fully saturated rings. The van der Waals surface area contributed by atoms with Gasteiger partial charge in [0.1, 0.15) is 5.75 Å². The molecule has 21 heavy (non-hydrogen) atoms. The predicted molar refractivity (Wildman–Crippen MR) is 88.8 cm³/mol. The van der Waals surface area contributed by atoms with Crippen LogP contribution in [0.15, 0.2) is 18.2 Å². The van der Waals surface area contributed by atoms with Crippen LogP contribution in [0.25, 0.3) is 0 Å². The van der Waals surface area contributed by atoms with Gasteiger partial charge in [0.15, 0.2) is 0 Å². The molecule has 118 valence electrons. The van der Waals surface area contributed by atoms with Crippen molar-refractivity contribution >= 4 is 0 Å². The minimum Gasteiger partial charge on any atom is -0.497 e. The summed E-state index contributed by atoms with van der Waals surface area (Å²) in [6.07, 6.45) is 4.88. The Labute approximate surface area is 129 Å². The van der Waals surface area contributed by atoms with E-state index in [1.165, 1.54) is 30.4 Å². The van der Waals surface area contributed by atoms with Crippen LogP contribution in [0.5, 0.6) is 5.75 Å². The lowest BCUT2D eigenvalue weighted by Crippen LogP contribution is -2.45. The number of rotatable bonds is 7. The summed E-state index contributed by atoms with van der Waals surface area (Å²) < 4.78 is 5.34. The molecule has 2 N–H and O–H groups in total. The van der Waals surface area contributed by atoms with Crippen molar-refractivity contribution in [3.8, 4) is 5.75 Å². The Morgan fingerprint density at radius 1 is 1.33 bits per heavy atom. The molecule has 0 radical (unpaired) electrons. The van der Waals surface area contributed by atoms with Gasteiger partial charge in [-0.15, -0.1) is 0 Å². The molecule has 1 aromatic rings. The van der Waals surface area contributed by atoms with Crippen molar-refractivity contribution in [2.45, 2.75) is 64.6 Å². The Morgan fingerprint density at radius 3 is 2.71 bits per heavy atom. The van der Waals surface area contributed by atoms with E-state index in [-0.39, 0.29) is 6.04 Å². The van der Waals surface area contributed by atoms with E-state index >= 15 is 0 Å². The molecule has 1 aliphatic carbocycles. The van der Waals surface area contributed by atoms with E-state index in [0.29, 0.717) is 12.1 Å². The number of methoxy groups -OCH3 is 1. The zero-order valence-electron chi connectivity index (χ0n) is 13.9. The molecule has 1 aromatic carbocycles. The Balaban J connectivity index is 2.13. The fourth-order valence-corrected chi connectivity index (χ4v) is 3.43. The van der Waals surface area contributed by atoms with Gasteiger partial charge in [0.25, 0.3) is 0 Å². The van der Waals surface area contributed by atoms with Gasteiger partial charge in [-0.3, -0.25) is 4.90 Å². The van der Waals surface area contributed by atoms with E-state index in [1.54, 1.807) is 7.11 Å². The van der Waals surface area contributed by atoms with Crippen LogP contribution >= 0.6 is 0 Å². The van der Waals surface area contributed by atoms with Crippen LogP contribution in [0.2, 0.25) is 0 Å². The zero-order chi connectivity index (χ0) is 15.4. The van der Waals surface area contributed by atoms with Crippen molar-refractivity contribution in [1.82, 2.24) is 4.90 Å². The third-order valence-electron chi connectivity index (χ3n) is 4.66. The lowest BCUT2D eigenvalue weighted by Gasteiger charge is -2.35. The molecule has 0 aliphatic heterocycles. The highest BCUT2D eigenvalue weighted by Gasteiger charge is 2.35.